The summed E-state index contributed by atoms with van der Waals surface area (Å²) in [6.45, 7) is 0.759. The maximum Gasteiger partial charge on any atom is 0.253 e. The molecular formula is C16H18BrN3O. The third kappa shape index (κ3) is 4.29. The Morgan fingerprint density at radius 3 is 2.81 bits per heavy atom. The molecule has 2 aromatic rings. The molecule has 0 spiro atoms. The molecule has 4 nitrogen and oxygen atoms in total. The predicted octanol–water partition coefficient (Wildman–Crippen LogP) is 3.20. The Hall–Kier alpha value is -1.88. The van der Waals surface area contributed by atoms with E-state index in [0.717, 1.165) is 34.4 Å². The highest BCUT2D eigenvalue weighted by Gasteiger charge is 2.08. The SMILES string of the molecule is CN(C)C(=O)c1cccc(CCNc2ncccc2Br)c1. The minimum Gasteiger partial charge on any atom is -0.369 e. The van der Waals surface area contributed by atoms with E-state index in [-0.39, 0.29) is 5.91 Å². The molecule has 0 saturated heterocycles. The number of aromatic nitrogens is 1. The van der Waals surface area contributed by atoms with Crippen molar-refractivity contribution in [1.29, 1.82) is 0 Å². The van der Waals surface area contributed by atoms with E-state index in [1.54, 1.807) is 25.2 Å². The van der Waals surface area contributed by atoms with Crippen LogP contribution in [0.4, 0.5) is 5.82 Å². The summed E-state index contributed by atoms with van der Waals surface area (Å²) in [7, 11) is 3.52. The van der Waals surface area contributed by atoms with Crippen molar-refractivity contribution >= 4 is 27.7 Å². The standard InChI is InChI=1S/C16H18BrN3O/c1-20(2)16(21)13-6-3-5-12(11-13)8-10-19-15-14(17)7-4-9-18-15/h3-7,9,11H,8,10H2,1-2H3,(H,18,19). The molecule has 0 aliphatic carbocycles. The van der Waals surface area contributed by atoms with Crippen molar-refractivity contribution in [3.63, 3.8) is 0 Å². The van der Waals surface area contributed by atoms with Gasteiger partial charge < -0.3 is 10.2 Å². The van der Waals surface area contributed by atoms with Gasteiger partial charge in [-0.25, -0.2) is 4.98 Å². The van der Waals surface area contributed by atoms with Gasteiger partial charge in [0.2, 0.25) is 0 Å². The zero-order valence-electron chi connectivity index (χ0n) is 12.1. The quantitative estimate of drug-likeness (QED) is 0.903. The van der Waals surface area contributed by atoms with Gasteiger partial charge in [-0.15, -0.1) is 0 Å². The molecule has 2 rings (SSSR count). The average molecular weight is 348 g/mol. The second-order valence-corrected chi connectivity index (χ2v) is 5.76. The van der Waals surface area contributed by atoms with Crippen molar-refractivity contribution in [3.8, 4) is 0 Å². The lowest BCUT2D eigenvalue weighted by atomic mass is 10.1. The maximum absolute atomic E-state index is 11.9. The maximum atomic E-state index is 11.9. The smallest absolute Gasteiger partial charge is 0.253 e. The van der Waals surface area contributed by atoms with Crippen LogP contribution in [-0.4, -0.2) is 36.4 Å². The van der Waals surface area contributed by atoms with Crippen LogP contribution in [0.3, 0.4) is 0 Å². The van der Waals surface area contributed by atoms with Gasteiger partial charge in [-0.1, -0.05) is 12.1 Å². The zero-order chi connectivity index (χ0) is 15.2. The van der Waals surface area contributed by atoms with Crippen molar-refractivity contribution in [2.45, 2.75) is 6.42 Å². The molecule has 0 atom stereocenters. The minimum atomic E-state index is 0.0253. The van der Waals surface area contributed by atoms with Crippen LogP contribution in [0.2, 0.25) is 0 Å². The second kappa shape index (κ2) is 7.22. The van der Waals surface area contributed by atoms with Crippen molar-refractivity contribution < 1.29 is 4.79 Å². The number of nitrogens with zero attached hydrogens (tertiary/aromatic N) is 2. The average Bonchev–Trinajstić information content (AvgIpc) is 2.48. The summed E-state index contributed by atoms with van der Waals surface area (Å²) in [5.41, 5.74) is 1.85. The minimum absolute atomic E-state index is 0.0253. The third-order valence-electron chi connectivity index (χ3n) is 3.04. The van der Waals surface area contributed by atoms with Crippen LogP contribution in [0.15, 0.2) is 47.1 Å². The van der Waals surface area contributed by atoms with Crippen LogP contribution >= 0.6 is 15.9 Å². The van der Waals surface area contributed by atoms with Crippen LogP contribution in [0.25, 0.3) is 0 Å². The van der Waals surface area contributed by atoms with Gasteiger partial charge in [-0.2, -0.15) is 0 Å². The molecule has 0 unspecified atom stereocenters. The Morgan fingerprint density at radius 2 is 2.10 bits per heavy atom. The summed E-state index contributed by atoms with van der Waals surface area (Å²) < 4.78 is 0.946. The van der Waals surface area contributed by atoms with Gasteiger partial charge in [0, 0.05) is 32.4 Å². The van der Waals surface area contributed by atoms with Gasteiger partial charge >= 0.3 is 0 Å². The van der Waals surface area contributed by atoms with Crippen molar-refractivity contribution in [1.82, 2.24) is 9.88 Å². The normalized spacial score (nSPS) is 10.2. The van der Waals surface area contributed by atoms with Gasteiger partial charge in [0.25, 0.3) is 5.91 Å². The molecular weight excluding hydrogens is 330 g/mol. The lowest BCUT2D eigenvalue weighted by Gasteiger charge is -2.11. The van der Waals surface area contributed by atoms with E-state index < -0.39 is 0 Å². The van der Waals surface area contributed by atoms with E-state index in [9.17, 15) is 4.79 Å². The van der Waals surface area contributed by atoms with E-state index in [0.29, 0.717) is 0 Å². The molecule has 1 heterocycles. The fraction of sp³-hybridized carbons (Fsp3) is 0.250. The molecule has 0 aliphatic heterocycles. The molecule has 1 amide bonds. The number of amides is 1. The monoisotopic (exact) mass is 347 g/mol. The molecule has 0 saturated carbocycles. The molecule has 0 bridgehead atoms. The molecule has 1 aromatic carbocycles. The van der Waals surface area contributed by atoms with E-state index in [4.69, 9.17) is 0 Å². The number of benzene rings is 1. The van der Waals surface area contributed by atoms with Crippen LogP contribution in [0.1, 0.15) is 15.9 Å². The summed E-state index contributed by atoms with van der Waals surface area (Å²) in [6.07, 6.45) is 2.58. The van der Waals surface area contributed by atoms with Gasteiger partial charge in [-0.05, 0) is 52.2 Å². The number of pyridine rings is 1. The van der Waals surface area contributed by atoms with Gasteiger partial charge in [0.1, 0.15) is 5.82 Å². The van der Waals surface area contributed by atoms with Crippen LogP contribution in [0, 0.1) is 0 Å². The highest BCUT2D eigenvalue weighted by Crippen LogP contribution is 2.18. The second-order valence-electron chi connectivity index (χ2n) is 4.91. The Balaban J connectivity index is 1.96. The summed E-state index contributed by atoms with van der Waals surface area (Å²) in [5, 5.41) is 3.28. The summed E-state index contributed by atoms with van der Waals surface area (Å²) >= 11 is 3.45. The van der Waals surface area contributed by atoms with Crippen LogP contribution in [-0.2, 0) is 6.42 Å². The van der Waals surface area contributed by atoms with E-state index in [1.165, 1.54) is 0 Å². The van der Waals surface area contributed by atoms with E-state index in [1.807, 2.05) is 36.4 Å². The fourth-order valence-corrected chi connectivity index (χ4v) is 2.35. The van der Waals surface area contributed by atoms with Crippen molar-refractivity contribution in [2.24, 2.45) is 0 Å². The van der Waals surface area contributed by atoms with Gasteiger partial charge in [0.15, 0.2) is 0 Å². The summed E-state index contributed by atoms with van der Waals surface area (Å²) in [6, 6.07) is 11.6. The number of carbonyl (C=O) groups excluding carboxylic acids is 1. The molecule has 1 aromatic heterocycles. The molecule has 21 heavy (non-hydrogen) atoms. The van der Waals surface area contributed by atoms with Crippen LogP contribution in [0.5, 0.6) is 0 Å². The molecule has 0 radical (unpaired) electrons. The van der Waals surface area contributed by atoms with E-state index >= 15 is 0 Å². The Bertz CT molecular complexity index is 628. The number of hydrogen-bond acceptors (Lipinski definition) is 3. The first-order valence-electron chi connectivity index (χ1n) is 6.73. The number of carbonyl (C=O) groups is 1. The largest absolute Gasteiger partial charge is 0.369 e. The number of hydrogen-bond donors (Lipinski definition) is 1. The lowest BCUT2D eigenvalue weighted by molar-refractivity contribution is 0.0827. The zero-order valence-corrected chi connectivity index (χ0v) is 13.7. The molecule has 5 heteroatoms. The summed E-state index contributed by atoms with van der Waals surface area (Å²) in [5.74, 6) is 0.857. The predicted molar refractivity (Wildman–Crippen MR) is 88.6 cm³/mol. The highest BCUT2D eigenvalue weighted by molar-refractivity contribution is 9.10. The first kappa shape index (κ1) is 15.5. The summed E-state index contributed by atoms with van der Waals surface area (Å²) in [4.78, 5) is 17.8. The van der Waals surface area contributed by atoms with Crippen molar-refractivity contribution in [2.75, 3.05) is 26.0 Å². The number of anilines is 1. The lowest BCUT2D eigenvalue weighted by Crippen LogP contribution is -2.21. The van der Waals surface area contributed by atoms with Crippen LogP contribution < -0.4 is 5.32 Å². The molecule has 0 aliphatic rings. The molecule has 0 fully saturated rings. The van der Waals surface area contributed by atoms with Gasteiger partial charge in [0.05, 0.1) is 4.47 Å². The van der Waals surface area contributed by atoms with Crippen molar-refractivity contribution in [3.05, 3.63) is 58.2 Å². The Kier molecular flexibility index (Phi) is 5.33. The number of halogens is 1. The molecule has 1 N–H and O–H groups in total. The van der Waals surface area contributed by atoms with E-state index in [2.05, 4.69) is 26.2 Å². The molecule has 110 valence electrons. The number of rotatable bonds is 5. The Morgan fingerprint density at radius 1 is 1.29 bits per heavy atom. The Labute approximate surface area is 133 Å². The first-order valence-corrected chi connectivity index (χ1v) is 7.52. The fourth-order valence-electron chi connectivity index (χ4n) is 1.96. The highest BCUT2D eigenvalue weighted by atomic mass is 79.9. The number of nitrogens with one attached hydrogen (secondary N) is 1. The topological polar surface area (TPSA) is 45.2 Å². The first-order chi connectivity index (χ1) is 10.1. The van der Waals surface area contributed by atoms with Gasteiger partial charge in [-0.3, -0.25) is 4.79 Å². The third-order valence-corrected chi connectivity index (χ3v) is 3.68.